The van der Waals surface area contributed by atoms with Gasteiger partial charge in [0.25, 0.3) is 5.91 Å². The van der Waals surface area contributed by atoms with E-state index in [-0.39, 0.29) is 35.7 Å². The summed E-state index contributed by atoms with van der Waals surface area (Å²) in [6.07, 6.45) is 8.70. The van der Waals surface area contributed by atoms with Gasteiger partial charge in [0.05, 0.1) is 18.4 Å². The number of likely N-dealkylation sites (tertiary alicyclic amines) is 1. The van der Waals surface area contributed by atoms with Crippen molar-refractivity contribution in [2.24, 2.45) is 17.6 Å². The first-order valence-corrected chi connectivity index (χ1v) is 11.5. The summed E-state index contributed by atoms with van der Waals surface area (Å²) in [7, 11) is 0. The summed E-state index contributed by atoms with van der Waals surface area (Å²) in [5.74, 6) is 0.00864. The Bertz CT molecular complexity index is 873. The van der Waals surface area contributed by atoms with E-state index in [0.29, 0.717) is 30.5 Å². The Labute approximate surface area is 189 Å². The van der Waals surface area contributed by atoms with Gasteiger partial charge in [0.1, 0.15) is 11.8 Å². The van der Waals surface area contributed by atoms with Gasteiger partial charge < -0.3 is 21.3 Å². The maximum Gasteiger partial charge on any atom is 0.267 e. The molecule has 174 valence electrons. The van der Waals surface area contributed by atoms with Crippen LogP contribution in [0.5, 0.6) is 0 Å². The van der Waals surface area contributed by atoms with Gasteiger partial charge in [-0.15, -0.1) is 0 Å². The van der Waals surface area contributed by atoms with Gasteiger partial charge >= 0.3 is 0 Å². The van der Waals surface area contributed by atoms with Crippen molar-refractivity contribution < 1.29 is 14.4 Å². The molecule has 2 fully saturated rings. The lowest BCUT2D eigenvalue weighted by atomic mass is 9.98. The summed E-state index contributed by atoms with van der Waals surface area (Å²) in [4.78, 5) is 43.2. The molecule has 1 aliphatic carbocycles. The summed E-state index contributed by atoms with van der Waals surface area (Å²) in [6.45, 7) is 4.86. The van der Waals surface area contributed by atoms with Crippen LogP contribution in [-0.4, -0.2) is 58.5 Å². The second-order valence-electron chi connectivity index (χ2n) is 8.88. The summed E-state index contributed by atoms with van der Waals surface area (Å²) in [5, 5.41) is 13.9. The SMILES string of the molecule is CCC1CCC(C(=O)NCC2CCCC2C)N1C(=O)CNc1cnccc1C(=N)C(N)=O. The molecule has 4 unspecified atom stereocenters. The number of pyridine rings is 1. The molecule has 3 amide bonds. The van der Waals surface area contributed by atoms with Crippen molar-refractivity contribution in [2.45, 2.75) is 64.5 Å². The van der Waals surface area contributed by atoms with Crippen molar-refractivity contribution >= 4 is 29.1 Å². The molecule has 1 aromatic heterocycles. The van der Waals surface area contributed by atoms with Gasteiger partial charge in [-0.05, 0) is 43.6 Å². The van der Waals surface area contributed by atoms with E-state index in [2.05, 4.69) is 22.5 Å². The number of nitrogens with zero attached hydrogens (tertiary/aromatic N) is 2. The van der Waals surface area contributed by atoms with Crippen LogP contribution in [0, 0.1) is 17.2 Å². The van der Waals surface area contributed by atoms with Crippen molar-refractivity contribution in [1.29, 1.82) is 5.41 Å². The van der Waals surface area contributed by atoms with Crippen molar-refractivity contribution in [3.63, 3.8) is 0 Å². The number of carbonyl (C=O) groups excluding carboxylic acids is 3. The molecule has 2 aliphatic rings. The minimum atomic E-state index is -0.857. The Morgan fingerprint density at radius 2 is 2.03 bits per heavy atom. The molecular weight excluding hydrogens is 408 g/mol. The molecule has 0 spiro atoms. The van der Waals surface area contributed by atoms with E-state index in [4.69, 9.17) is 11.1 Å². The summed E-state index contributed by atoms with van der Waals surface area (Å²) >= 11 is 0. The fraction of sp³-hybridized carbons (Fsp3) is 0.609. The molecule has 0 bridgehead atoms. The monoisotopic (exact) mass is 442 g/mol. The number of amides is 3. The fourth-order valence-electron chi connectivity index (χ4n) is 4.94. The third kappa shape index (κ3) is 5.26. The van der Waals surface area contributed by atoms with Gasteiger partial charge in [0.15, 0.2) is 0 Å². The highest BCUT2D eigenvalue weighted by Gasteiger charge is 2.40. The number of primary amides is 1. The van der Waals surface area contributed by atoms with E-state index < -0.39 is 11.9 Å². The first-order chi connectivity index (χ1) is 15.3. The third-order valence-corrected chi connectivity index (χ3v) is 6.91. The molecule has 0 radical (unpaired) electrons. The van der Waals surface area contributed by atoms with E-state index in [1.165, 1.54) is 31.3 Å². The minimum Gasteiger partial charge on any atom is -0.374 e. The van der Waals surface area contributed by atoms with Gasteiger partial charge in [-0.25, -0.2) is 0 Å². The molecule has 3 rings (SSSR count). The van der Waals surface area contributed by atoms with E-state index in [1.54, 1.807) is 4.90 Å². The van der Waals surface area contributed by atoms with Crippen LogP contribution in [0.15, 0.2) is 18.5 Å². The van der Waals surface area contributed by atoms with Crippen molar-refractivity contribution in [3.05, 3.63) is 24.0 Å². The zero-order chi connectivity index (χ0) is 23.3. The largest absolute Gasteiger partial charge is 0.374 e. The van der Waals surface area contributed by atoms with E-state index in [0.717, 1.165) is 19.3 Å². The number of hydrogen-bond acceptors (Lipinski definition) is 6. The molecule has 1 aromatic rings. The predicted octanol–water partition coefficient (Wildman–Crippen LogP) is 1.67. The van der Waals surface area contributed by atoms with Crippen molar-refractivity contribution in [1.82, 2.24) is 15.2 Å². The quantitative estimate of drug-likeness (QED) is 0.431. The lowest BCUT2D eigenvalue weighted by Gasteiger charge is -2.30. The minimum absolute atomic E-state index is 0.0164. The van der Waals surface area contributed by atoms with Crippen LogP contribution in [0.2, 0.25) is 0 Å². The smallest absolute Gasteiger partial charge is 0.267 e. The third-order valence-electron chi connectivity index (χ3n) is 6.91. The summed E-state index contributed by atoms with van der Waals surface area (Å²) in [6, 6.07) is 1.05. The second kappa shape index (κ2) is 10.6. The summed E-state index contributed by atoms with van der Waals surface area (Å²) in [5.41, 5.74) is 5.55. The van der Waals surface area contributed by atoms with Gasteiger partial charge in [-0.3, -0.25) is 24.8 Å². The Kier molecular flexibility index (Phi) is 7.82. The number of nitrogens with one attached hydrogen (secondary N) is 3. The second-order valence-corrected chi connectivity index (χ2v) is 8.88. The average Bonchev–Trinajstić information content (AvgIpc) is 3.41. The average molecular weight is 443 g/mol. The van der Waals surface area contributed by atoms with Gasteiger partial charge in [0, 0.05) is 24.3 Å². The van der Waals surface area contributed by atoms with Crippen LogP contribution in [0.3, 0.4) is 0 Å². The highest BCUT2D eigenvalue weighted by molar-refractivity contribution is 6.44. The molecular formula is C23H34N6O3. The zero-order valence-electron chi connectivity index (χ0n) is 18.9. The van der Waals surface area contributed by atoms with E-state index >= 15 is 0 Å². The molecule has 5 N–H and O–H groups in total. The topological polar surface area (TPSA) is 141 Å². The predicted molar refractivity (Wildman–Crippen MR) is 122 cm³/mol. The fourth-order valence-corrected chi connectivity index (χ4v) is 4.94. The number of aromatic nitrogens is 1. The van der Waals surface area contributed by atoms with Crippen LogP contribution in [-0.2, 0) is 14.4 Å². The summed E-state index contributed by atoms with van der Waals surface area (Å²) < 4.78 is 0. The lowest BCUT2D eigenvalue weighted by molar-refractivity contribution is -0.139. The van der Waals surface area contributed by atoms with Gasteiger partial charge in [0.2, 0.25) is 11.8 Å². The molecule has 0 aromatic carbocycles. The Balaban J connectivity index is 1.65. The molecule has 9 nitrogen and oxygen atoms in total. The number of hydrogen-bond donors (Lipinski definition) is 4. The van der Waals surface area contributed by atoms with Crippen molar-refractivity contribution in [3.8, 4) is 0 Å². The highest BCUT2D eigenvalue weighted by atomic mass is 16.2. The molecule has 32 heavy (non-hydrogen) atoms. The first-order valence-electron chi connectivity index (χ1n) is 11.5. The van der Waals surface area contributed by atoms with Crippen LogP contribution < -0.4 is 16.4 Å². The van der Waals surface area contributed by atoms with E-state index in [9.17, 15) is 14.4 Å². The molecule has 4 atom stereocenters. The van der Waals surface area contributed by atoms with Gasteiger partial charge in [-0.2, -0.15) is 0 Å². The molecule has 1 saturated carbocycles. The lowest BCUT2D eigenvalue weighted by Crippen LogP contribution is -2.51. The molecule has 1 aliphatic heterocycles. The Hall–Kier alpha value is -2.97. The number of anilines is 1. The maximum absolute atomic E-state index is 13.1. The Morgan fingerprint density at radius 3 is 2.69 bits per heavy atom. The number of nitrogens with two attached hydrogens (primary N) is 1. The van der Waals surface area contributed by atoms with Crippen LogP contribution in [0.25, 0.3) is 0 Å². The molecule has 2 heterocycles. The zero-order valence-corrected chi connectivity index (χ0v) is 18.9. The normalized spacial score (nSPS) is 24.9. The van der Waals surface area contributed by atoms with E-state index in [1.807, 2.05) is 6.92 Å². The van der Waals surface area contributed by atoms with Crippen LogP contribution in [0.4, 0.5) is 5.69 Å². The highest BCUT2D eigenvalue weighted by Crippen LogP contribution is 2.31. The first kappa shape index (κ1) is 23.7. The molecule has 1 saturated heterocycles. The standard InChI is InChI=1S/C23H34N6O3/c1-3-16-7-8-19(23(32)28-11-15-6-4-5-14(15)2)29(16)20(30)13-27-18-12-26-10-9-17(18)21(24)22(25)31/h9-10,12,14-16,19,24,27H,3-8,11,13H2,1-2H3,(H2,25,31)(H,28,32). The van der Waals surface area contributed by atoms with Gasteiger partial charge in [-0.1, -0.05) is 26.7 Å². The van der Waals surface area contributed by atoms with Crippen molar-refractivity contribution in [2.75, 3.05) is 18.4 Å². The van der Waals surface area contributed by atoms with Crippen LogP contribution >= 0.6 is 0 Å². The molecule has 9 heteroatoms. The number of rotatable bonds is 9. The maximum atomic E-state index is 13.1. The van der Waals surface area contributed by atoms with Crippen LogP contribution in [0.1, 0.15) is 57.9 Å². The number of carbonyl (C=O) groups is 3. The Morgan fingerprint density at radius 1 is 1.25 bits per heavy atom.